The summed E-state index contributed by atoms with van der Waals surface area (Å²) in [6, 6.07) is 22.2. The molecule has 0 aromatic heterocycles. The van der Waals surface area contributed by atoms with Gasteiger partial charge in [-0.1, -0.05) is 41.9 Å². The van der Waals surface area contributed by atoms with E-state index in [1.54, 1.807) is 24.4 Å². The van der Waals surface area contributed by atoms with Crippen LogP contribution in [0.5, 0.6) is 11.5 Å². The number of amides is 1. The summed E-state index contributed by atoms with van der Waals surface area (Å²) in [6.07, 6.45) is 1.56. The Labute approximate surface area is 176 Å². The third-order valence-electron chi connectivity index (χ3n) is 3.61. The van der Waals surface area contributed by atoms with Gasteiger partial charge in [0.05, 0.1) is 12.8 Å². The molecule has 0 heterocycles. The van der Waals surface area contributed by atoms with Crippen molar-refractivity contribution in [2.45, 2.75) is 0 Å². The van der Waals surface area contributed by atoms with E-state index in [9.17, 15) is 4.79 Å². The monoisotopic (exact) mass is 457 g/mol. The standard InChI is InChI=1S/C21H17BrClN3O2/c22-19-12-16(23)9-10-20(19)24-14-21(27)26-25-13-15-5-4-8-18(11-15)28-17-6-2-1-3-7-17/h1-13,24H,14H2,(H,26,27)/b25-13+. The first-order chi connectivity index (χ1) is 13.6. The second-order valence-corrected chi connectivity index (χ2v) is 7.05. The SMILES string of the molecule is O=C(CNc1ccc(Cl)cc1Br)N/N=C/c1cccc(Oc2ccccc2)c1. The predicted octanol–water partition coefficient (Wildman–Crippen LogP) is 5.46. The van der Waals surface area contributed by atoms with Crippen LogP contribution in [-0.4, -0.2) is 18.7 Å². The maximum atomic E-state index is 11.9. The zero-order valence-electron chi connectivity index (χ0n) is 14.7. The molecule has 0 aliphatic heterocycles. The summed E-state index contributed by atoms with van der Waals surface area (Å²) in [7, 11) is 0. The van der Waals surface area contributed by atoms with Crippen LogP contribution in [0.3, 0.4) is 0 Å². The van der Waals surface area contributed by atoms with E-state index in [0.717, 1.165) is 21.5 Å². The summed E-state index contributed by atoms with van der Waals surface area (Å²) in [4.78, 5) is 11.9. The van der Waals surface area contributed by atoms with E-state index in [1.807, 2.05) is 54.6 Å². The van der Waals surface area contributed by atoms with Crippen LogP contribution in [0.2, 0.25) is 5.02 Å². The van der Waals surface area contributed by atoms with Gasteiger partial charge in [0.25, 0.3) is 5.91 Å². The molecule has 142 valence electrons. The molecule has 0 radical (unpaired) electrons. The van der Waals surface area contributed by atoms with E-state index in [1.165, 1.54) is 0 Å². The number of nitrogens with zero attached hydrogens (tertiary/aromatic N) is 1. The number of hydrogen-bond donors (Lipinski definition) is 2. The molecule has 2 N–H and O–H groups in total. The minimum Gasteiger partial charge on any atom is -0.457 e. The lowest BCUT2D eigenvalue weighted by molar-refractivity contribution is -0.119. The normalized spacial score (nSPS) is 10.6. The zero-order valence-corrected chi connectivity index (χ0v) is 17.1. The number of carbonyl (C=O) groups is 1. The molecule has 1 amide bonds. The van der Waals surface area contributed by atoms with Gasteiger partial charge in [0.15, 0.2) is 0 Å². The van der Waals surface area contributed by atoms with E-state index < -0.39 is 0 Å². The molecule has 3 rings (SSSR count). The molecule has 0 spiro atoms. The highest BCUT2D eigenvalue weighted by atomic mass is 79.9. The molecule has 3 aromatic carbocycles. The van der Waals surface area contributed by atoms with E-state index in [4.69, 9.17) is 16.3 Å². The average Bonchev–Trinajstić information content (AvgIpc) is 2.68. The summed E-state index contributed by atoms with van der Waals surface area (Å²) in [5, 5.41) is 7.61. The number of hydrogen-bond acceptors (Lipinski definition) is 4. The van der Waals surface area contributed by atoms with Crippen molar-refractivity contribution in [1.82, 2.24) is 5.43 Å². The third-order valence-corrected chi connectivity index (χ3v) is 4.50. The van der Waals surface area contributed by atoms with Gasteiger partial charge in [0.2, 0.25) is 0 Å². The fourth-order valence-corrected chi connectivity index (χ4v) is 3.13. The van der Waals surface area contributed by atoms with Gasteiger partial charge in [-0.2, -0.15) is 5.10 Å². The van der Waals surface area contributed by atoms with Crippen LogP contribution in [0.25, 0.3) is 0 Å². The number of benzene rings is 3. The summed E-state index contributed by atoms with van der Waals surface area (Å²) >= 11 is 9.29. The van der Waals surface area contributed by atoms with E-state index in [-0.39, 0.29) is 12.5 Å². The van der Waals surface area contributed by atoms with Crippen molar-refractivity contribution in [2.75, 3.05) is 11.9 Å². The molecule has 5 nitrogen and oxygen atoms in total. The Kier molecular flexibility index (Phi) is 7.06. The van der Waals surface area contributed by atoms with Gasteiger partial charge >= 0.3 is 0 Å². The topological polar surface area (TPSA) is 62.7 Å². The van der Waals surface area contributed by atoms with Crippen molar-refractivity contribution >= 4 is 45.3 Å². The van der Waals surface area contributed by atoms with E-state index in [2.05, 4.69) is 31.8 Å². The number of para-hydroxylation sites is 1. The third kappa shape index (κ3) is 6.11. The number of carbonyl (C=O) groups excluding carboxylic acids is 1. The quantitative estimate of drug-likeness (QED) is 0.365. The van der Waals surface area contributed by atoms with Gasteiger partial charge < -0.3 is 10.1 Å². The summed E-state index contributed by atoms with van der Waals surface area (Å²) in [5.74, 6) is 1.18. The van der Waals surface area contributed by atoms with Gasteiger partial charge in [-0.3, -0.25) is 4.79 Å². The van der Waals surface area contributed by atoms with Crippen molar-refractivity contribution < 1.29 is 9.53 Å². The highest BCUT2D eigenvalue weighted by Gasteiger charge is 2.03. The maximum absolute atomic E-state index is 11.9. The minimum atomic E-state index is -0.269. The first-order valence-electron chi connectivity index (χ1n) is 8.44. The van der Waals surface area contributed by atoms with Gasteiger partial charge in [-0.25, -0.2) is 5.43 Å². The fraction of sp³-hybridized carbons (Fsp3) is 0.0476. The van der Waals surface area contributed by atoms with Crippen molar-refractivity contribution in [3.8, 4) is 11.5 Å². The highest BCUT2D eigenvalue weighted by molar-refractivity contribution is 9.10. The molecule has 0 aliphatic rings. The molecular weight excluding hydrogens is 442 g/mol. The maximum Gasteiger partial charge on any atom is 0.259 e. The van der Waals surface area contributed by atoms with Crippen molar-refractivity contribution in [3.63, 3.8) is 0 Å². The predicted molar refractivity (Wildman–Crippen MR) is 116 cm³/mol. The Bertz CT molecular complexity index is 980. The Morgan fingerprint density at radius 1 is 1.04 bits per heavy atom. The van der Waals surface area contributed by atoms with Crippen molar-refractivity contribution in [2.24, 2.45) is 5.10 Å². The van der Waals surface area contributed by atoms with E-state index in [0.29, 0.717) is 10.8 Å². The Morgan fingerprint density at radius 2 is 1.82 bits per heavy atom. The van der Waals surface area contributed by atoms with Gasteiger partial charge in [-0.15, -0.1) is 0 Å². The summed E-state index contributed by atoms with van der Waals surface area (Å²) in [6.45, 7) is 0.0781. The molecule has 0 aliphatic carbocycles. The van der Waals surface area contributed by atoms with Crippen LogP contribution in [0.15, 0.2) is 82.4 Å². The van der Waals surface area contributed by atoms with E-state index >= 15 is 0 Å². The zero-order chi connectivity index (χ0) is 19.8. The minimum absolute atomic E-state index is 0.0781. The molecule has 3 aromatic rings. The summed E-state index contributed by atoms with van der Waals surface area (Å²) in [5.41, 5.74) is 4.07. The smallest absolute Gasteiger partial charge is 0.259 e. The number of rotatable bonds is 7. The van der Waals surface area contributed by atoms with Crippen LogP contribution < -0.4 is 15.5 Å². The number of nitrogens with one attached hydrogen (secondary N) is 2. The second kappa shape index (κ2) is 9.92. The molecule has 0 atom stereocenters. The average molecular weight is 459 g/mol. The molecular formula is C21H17BrClN3O2. The number of ether oxygens (including phenoxy) is 1. The summed E-state index contributed by atoms with van der Waals surface area (Å²) < 4.78 is 6.56. The molecule has 28 heavy (non-hydrogen) atoms. The first-order valence-corrected chi connectivity index (χ1v) is 9.61. The highest BCUT2D eigenvalue weighted by Crippen LogP contribution is 2.25. The van der Waals surface area contributed by atoms with Crippen LogP contribution in [-0.2, 0) is 4.79 Å². The Hall–Kier alpha value is -2.83. The largest absolute Gasteiger partial charge is 0.457 e. The Morgan fingerprint density at radius 3 is 2.61 bits per heavy atom. The van der Waals surface area contributed by atoms with Gasteiger partial charge in [0.1, 0.15) is 11.5 Å². The lowest BCUT2D eigenvalue weighted by Gasteiger charge is -2.08. The number of hydrazone groups is 1. The van der Waals surface area contributed by atoms with Crippen molar-refractivity contribution in [1.29, 1.82) is 0 Å². The Balaban J connectivity index is 1.51. The van der Waals surface area contributed by atoms with Crippen LogP contribution in [0, 0.1) is 0 Å². The molecule has 0 fully saturated rings. The van der Waals surface area contributed by atoms with Crippen LogP contribution in [0.4, 0.5) is 5.69 Å². The van der Waals surface area contributed by atoms with Crippen LogP contribution >= 0.6 is 27.5 Å². The second-order valence-electron chi connectivity index (χ2n) is 5.76. The molecule has 0 unspecified atom stereocenters. The number of anilines is 1. The molecule has 0 saturated heterocycles. The molecule has 0 saturated carbocycles. The van der Waals surface area contributed by atoms with Gasteiger partial charge in [-0.05, 0) is 64.0 Å². The van der Waals surface area contributed by atoms with Crippen molar-refractivity contribution in [3.05, 3.63) is 87.9 Å². The molecule has 0 bridgehead atoms. The lowest BCUT2D eigenvalue weighted by atomic mass is 10.2. The first kappa shape index (κ1) is 19.9. The van der Waals surface area contributed by atoms with Gasteiger partial charge in [0, 0.05) is 15.2 Å². The number of halogens is 2. The fourth-order valence-electron chi connectivity index (χ4n) is 2.31. The van der Waals surface area contributed by atoms with Crippen LogP contribution in [0.1, 0.15) is 5.56 Å². The lowest BCUT2D eigenvalue weighted by Crippen LogP contribution is -2.26. The molecule has 7 heteroatoms.